The lowest BCUT2D eigenvalue weighted by atomic mass is 9.95. The lowest BCUT2D eigenvalue weighted by Crippen LogP contribution is -2.51. The number of fused-ring (bicyclic) bond motifs is 1. The number of ether oxygens (including phenoxy) is 1. The number of aryl methyl sites for hydroxylation is 1. The minimum absolute atomic E-state index is 0.100. The van der Waals surface area contributed by atoms with E-state index in [1.165, 1.54) is 16.9 Å². The highest BCUT2D eigenvalue weighted by Gasteiger charge is 2.34. The number of thiophene rings is 1. The molecule has 4 aromatic rings. The fraction of sp³-hybridized carbons (Fsp3) is 0.250. The molecule has 1 saturated heterocycles. The molecule has 1 atom stereocenters. The highest BCUT2D eigenvalue weighted by atomic mass is 35.5. The second-order valence-corrected chi connectivity index (χ2v) is 9.27. The largest absolute Gasteiger partial charge is 0.497 e. The van der Waals surface area contributed by atoms with Gasteiger partial charge in [-0.25, -0.2) is 4.68 Å². The van der Waals surface area contributed by atoms with Gasteiger partial charge in [0.05, 0.1) is 23.4 Å². The van der Waals surface area contributed by atoms with E-state index in [0.717, 1.165) is 51.6 Å². The van der Waals surface area contributed by atoms with Gasteiger partial charge in [-0.1, -0.05) is 29.8 Å². The quantitative estimate of drug-likeness (QED) is 0.401. The summed E-state index contributed by atoms with van der Waals surface area (Å²) in [5.41, 5.74) is 3.02. The Balaban J connectivity index is 1.39. The molecule has 0 saturated carbocycles. The Morgan fingerprint density at radius 3 is 2.71 bits per heavy atom. The maximum absolute atomic E-state index is 13.3. The van der Waals surface area contributed by atoms with E-state index in [9.17, 15) is 4.79 Å². The zero-order chi connectivity index (χ0) is 21.5. The van der Waals surface area contributed by atoms with Crippen LogP contribution in [0.2, 0.25) is 5.02 Å². The van der Waals surface area contributed by atoms with Gasteiger partial charge in [0.15, 0.2) is 0 Å². The fourth-order valence-electron chi connectivity index (χ4n) is 4.03. The molecular formula is C24H22ClN3O2S. The molecule has 2 aromatic carbocycles. The van der Waals surface area contributed by atoms with Crippen molar-refractivity contribution in [3.63, 3.8) is 0 Å². The van der Waals surface area contributed by atoms with Gasteiger partial charge in [-0.05, 0) is 61.7 Å². The summed E-state index contributed by atoms with van der Waals surface area (Å²) in [7, 11) is 1.67. The fourth-order valence-corrected chi connectivity index (χ4v) is 5.35. The third-order valence-corrected chi connectivity index (χ3v) is 7.18. The van der Waals surface area contributed by atoms with Crippen LogP contribution < -0.4 is 4.74 Å². The smallest absolute Gasteiger partial charge is 0.264 e. The van der Waals surface area contributed by atoms with Gasteiger partial charge in [-0.2, -0.15) is 5.10 Å². The monoisotopic (exact) mass is 451 g/mol. The molecule has 5 rings (SSSR count). The van der Waals surface area contributed by atoms with Crippen LogP contribution in [0.4, 0.5) is 0 Å². The van der Waals surface area contributed by atoms with Crippen molar-refractivity contribution < 1.29 is 9.53 Å². The summed E-state index contributed by atoms with van der Waals surface area (Å²) >= 11 is 7.66. The molecule has 0 aliphatic carbocycles. The summed E-state index contributed by atoms with van der Waals surface area (Å²) in [6, 6.07) is 17.9. The first kappa shape index (κ1) is 20.1. The van der Waals surface area contributed by atoms with Gasteiger partial charge in [0, 0.05) is 23.0 Å². The molecule has 1 unspecified atom stereocenters. The van der Waals surface area contributed by atoms with Gasteiger partial charge in [0.1, 0.15) is 10.6 Å². The van der Waals surface area contributed by atoms with Crippen molar-refractivity contribution in [1.82, 2.24) is 14.7 Å². The van der Waals surface area contributed by atoms with E-state index in [4.69, 9.17) is 16.3 Å². The maximum Gasteiger partial charge on any atom is 0.264 e. The van der Waals surface area contributed by atoms with E-state index < -0.39 is 0 Å². The Hall–Kier alpha value is -2.83. The van der Waals surface area contributed by atoms with Crippen molar-refractivity contribution in [3.8, 4) is 11.4 Å². The normalized spacial score (nSPS) is 15.8. The molecule has 1 amide bonds. The predicted molar refractivity (Wildman–Crippen MR) is 125 cm³/mol. The van der Waals surface area contributed by atoms with E-state index in [0.29, 0.717) is 5.02 Å². The average molecular weight is 452 g/mol. The van der Waals surface area contributed by atoms with Crippen LogP contribution in [-0.2, 0) is 6.42 Å². The standard InChI is InChI=1S/C24H22ClN3O2S/c1-15-21-14-22(31-24(21)28(26-15)19-5-3-4-17(25)13-19)23(29)27-11-10-18(27)12-16-6-8-20(30-2)9-7-16/h3-9,13-14,18H,10-12H2,1-2H3. The molecule has 3 heterocycles. The predicted octanol–water partition coefficient (Wildman–Crippen LogP) is 5.51. The van der Waals surface area contributed by atoms with Gasteiger partial charge in [0.2, 0.25) is 0 Å². The molecule has 0 spiro atoms. The summed E-state index contributed by atoms with van der Waals surface area (Å²) in [6.45, 7) is 2.77. The summed E-state index contributed by atoms with van der Waals surface area (Å²) in [5, 5.41) is 6.33. The van der Waals surface area contributed by atoms with Gasteiger partial charge in [-0.3, -0.25) is 4.79 Å². The summed E-state index contributed by atoms with van der Waals surface area (Å²) in [4.78, 5) is 17.0. The van der Waals surface area contributed by atoms with Crippen molar-refractivity contribution in [1.29, 1.82) is 0 Å². The second kappa shape index (κ2) is 8.02. The van der Waals surface area contributed by atoms with Crippen molar-refractivity contribution in [2.24, 2.45) is 0 Å². The third-order valence-electron chi connectivity index (χ3n) is 5.84. The van der Waals surface area contributed by atoms with Gasteiger partial charge in [0.25, 0.3) is 5.91 Å². The van der Waals surface area contributed by atoms with E-state index >= 15 is 0 Å². The average Bonchev–Trinajstić information content (AvgIpc) is 3.32. The van der Waals surface area contributed by atoms with Crippen LogP contribution in [0.5, 0.6) is 5.75 Å². The first-order valence-corrected chi connectivity index (χ1v) is 11.4. The molecule has 5 nitrogen and oxygen atoms in total. The third kappa shape index (κ3) is 3.70. The van der Waals surface area contributed by atoms with Crippen molar-refractivity contribution >= 4 is 39.1 Å². The number of nitrogens with zero attached hydrogens (tertiary/aromatic N) is 3. The molecule has 0 N–H and O–H groups in total. The van der Waals surface area contributed by atoms with Gasteiger partial charge in [-0.15, -0.1) is 11.3 Å². The zero-order valence-electron chi connectivity index (χ0n) is 17.3. The molecule has 1 aliphatic heterocycles. The van der Waals surface area contributed by atoms with Crippen molar-refractivity contribution in [2.75, 3.05) is 13.7 Å². The number of amides is 1. The van der Waals surface area contributed by atoms with Crippen molar-refractivity contribution in [2.45, 2.75) is 25.8 Å². The van der Waals surface area contributed by atoms with Crippen LogP contribution in [0.15, 0.2) is 54.6 Å². The Morgan fingerprint density at radius 1 is 1.23 bits per heavy atom. The van der Waals surface area contributed by atoms with Gasteiger partial charge < -0.3 is 9.64 Å². The number of carbonyl (C=O) groups is 1. The molecule has 2 aromatic heterocycles. The van der Waals surface area contributed by atoms with E-state index in [1.54, 1.807) is 7.11 Å². The topological polar surface area (TPSA) is 47.4 Å². The van der Waals surface area contributed by atoms with Crippen LogP contribution >= 0.6 is 22.9 Å². The van der Waals surface area contributed by atoms with E-state index in [1.807, 2.05) is 59.0 Å². The summed E-state index contributed by atoms with van der Waals surface area (Å²) in [6.07, 6.45) is 1.88. The Labute approximate surface area is 189 Å². The SMILES string of the molecule is COc1ccc(CC2CCN2C(=O)c2cc3c(C)nn(-c4cccc(Cl)c4)c3s2)cc1. The van der Waals surface area contributed by atoms with Crippen LogP contribution in [0.3, 0.4) is 0 Å². The second-order valence-electron chi connectivity index (χ2n) is 7.80. The number of hydrogen-bond acceptors (Lipinski definition) is 4. The molecular weight excluding hydrogens is 430 g/mol. The maximum atomic E-state index is 13.3. The first-order chi connectivity index (χ1) is 15.0. The Bertz CT molecular complexity index is 1260. The number of carbonyl (C=O) groups excluding carboxylic acids is 1. The number of methoxy groups -OCH3 is 1. The molecule has 7 heteroatoms. The number of benzene rings is 2. The molecule has 158 valence electrons. The highest BCUT2D eigenvalue weighted by molar-refractivity contribution is 7.20. The lowest BCUT2D eigenvalue weighted by Gasteiger charge is -2.41. The Morgan fingerprint density at radius 2 is 2.03 bits per heavy atom. The van der Waals surface area contributed by atoms with Crippen LogP contribution in [-0.4, -0.2) is 40.3 Å². The summed E-state index contributed by atoms with van der Waals surface area (Å²) in [5.74, 6) is 0.947. The number of hydrogen-bond donors (Lipinski definition) is 0. The lowest BCUT2D eigenvalue weighted by molar-refractivity contribution is 0.0470. The molecule has 31 heavy (non-hydrogen) atoms. The first-order valence-electron chi connectivity index (χ1n) is 10.2. The Kier molecular flexibility index (Phi) is 5.20. The number of rotatable bonds is 5. The van der Waals surface area contributed by atoms with Crippen LogP contribution in [0.25, 0.3) is 15.9 Å². The van der Waals surface area contributed by atoms with E-state index in [2.05, 4.69) is 17.2 Å². The van der Waals surface area contributed by atoms with Gasteiger partial charge >= 0.3 is 0 Å². The molecule has 0 radical (unpaired) electrons. The molecule has 1 fully saturated rings. The minimum Gasteiger partial charge on any atom is -0.497 e. The number of likely N-dealkylation sites (tertiary alicyclic amines) is 1. The number of halogens is 1. The summed E-state index contributed by atoms with van der Waals surface area (Å²) < 4.78 is 7.11. The highest BCUT2D eigenvalue weighted by Crippen LogP contribution is 2.33. The van der Waals surface area contributed by atoms with Crippen molar-refractivity contribution in [3.05, 3.63) is 75.8 Å². The number of aromatic nitrogens is 2. The minimum atomic E-state index is 0.100. The molecule has 1 aliphatic rings. The van der Waals surface area contributed by atoms with E-state index in [-0.39, 0.29) is 11.9 Å². The van der Waals surface area contributed by atoms with Crippen LogP contribution in [0, 0.1) is 6.92 Å². The molecule has 0 bridgehead atoms. The van der Waals surface area contributed by atoms with Crippen LogP contribution in [0.1, 0.15) is 27.3 Å². The zero-order valence-corrected chi connectivity index (χ0v) is 18.9.